The van der Waals surface area contributed by atoms with Crippen molar-refractivity contribution in [2.75, 3.05) is 13.7 Å². The Morgan fingerprint density at radius 1 is 1.23 bits per heavy atom. The number of para-hydroxylation sites is 1. The van der Waals surface area contributed by atoms with E-state index in [4.69, 9.17) is 19.2 Å². The lowest BCUT2D eigenvalue weighted by Gasteiger charge is -2.39. The van der Waals surface area contributed by atoms with Crippen molar-refractivity contribution in [3.05, 3.63) is 35.5 Å². The number of esters is 1. The van der Waals surface area contributed by atoms with Crippen LogP contribution in [0.15, 0.2) is 24.3 Å². The molecule has 7 heteroatoms. The van der Waals surface area contributed by atoms with Crippen LogP contribution in [0, 0.1) is 6.92 Å². The minimum Gasteiger partial charge on any atom is -0.483 e. The van der Waals surface area contributed by atoms with Crippen molar-refractivity contribution in [3.63, 3.8) is 0 Å². The van der Waals surface area contributed by atoms with E-state index in [0.29, 0.717) is 12.8 Å². The number of carbonyl (C=O) groups excluding carboxylic acids is 2. The first-order chi connectivity index (χ1) is 14.5. The minimum atomic E-state index is -0.748. The molecule has 2 aliphatic heterocycles. The molecule has 31 heavy (non-hydrogen) atoms. The van der Waals surface area contributed by atoms with Gasteiger partial charge in [0, 0.05) is 17.4 Å². The van der Waals surface area contributed by atoms with Gasteiger partial charge in [-0.2, -0.15) is 0 Å². The highest BCUT2D eigenvalue weighted by Gasteiger charge is 2.54. The summed E-state index contributed by atoms with van der Waals surface area (Å²) in [4.78, 5) is 31.7. The topological polar surface area (TPSA) is 78.0 Å². The standard InChI is InChI=1S/C24H30N2O5/c1-14-11-24(30-20-15(2)25-17-10-8-7-9-16(17)19(14)20)12-18(21(27)29-6)26(13-24)22(28)31-23(3,4)5/h7-10,14,18H,11-13H2,1-6H3/t14?,18-,24?/m0/s1. The Bertz CT molecular complexity index is 1040. The first-order valence-corrected chi connectivity index (χ1v) is 10.7. The molecule has 0 saturated carbocycles. The Morgan fingerprint density at radius 3 is 2.61 bits per heavy atom. The number of methoxy groups -OCH3 is 1. The molecule has 1 spiro atoms. The number of nitrogens with zero attached hydrogens (tertiary/aromatic N) is 2. The number of carbonyl (C=O) groups is 2. The Balaban J connectivity index is 1.73. The van der Waals surface area contributed by atoms with Gasteiger partial charge in [0.25, 0.3) is 0 Å². The maximum absolute atomic E-state index is 12.9. The molecule has 1 aromatic carbocycles. The van der Waals surface area contributed by atoms with Crippen LogP contribution in [0.25, 0.3) is 10.9 Å². The van der Waals surface area contributed by atoms with Gasteiger partial charge in [0.15, 0.2) is 0 Å². The van der Waals surface area contributed by atoms with Gasteiger partial charge in [-0.15, -0.1) is 0 Å². The van der Waals surface area contributed by atoms with E-state index in [1.807, 2.05) is 25.1 Å². The number of ether oxygens (including phenoxy) is 3. The molecule has 1 saturated heterocycles. The zero-order valence-corrected chi connectivity index (χ0v) is 19.0. The second kappa shape index (κ2) is 7.39. The second-order valence-electron chi connectivity index (χ2n) is 9.70. The van der Waals surface area contributed by atoms with Crippen molar-refractivity contribution in [1.82, 2.24) is 9.88 Å². The molecule has 0 radical (unpaired) electrons. The smallest absolute Gasteiger partial charge is 0.411 e. The number of aromatic nitrogens is 1. The lowest BCUT2D eigenvalue weighted by Crippen LogP contribution is -2.46. The van der Waals surface area contributed by atoms with Crippen molar-refractivity contribution >= 4 is 23.0 Å². The molecule has 2 aliphatic rings. The molecule has 3 heterocycles. The molecular weight excluding hydrogens is 396 g/mol. The minimum absolute atomic E-state index is 0.173. The summed E-state index contributed by atoms with van der Waals surface area (Å²) in [5.74, 6) is 0.470. The molecule has 3 atom stereocenters. The normalized spacial score (nSPS) is 25.3. The molecule has 2 unspecified atom stereocenters. The summed E-state index contributed by atoms with van der Waals surface area (Å²) in [6.45, 7) is 9.78. The summed E-state index contributed by atoms with van der Waals surface area (Å²) in [7, 11) is 1.33. The van der Waals surface area contributed by atoms with E-state index >= 15 is 0 Å². The number of fused-ring (bicyclic) bond motifs is 3. The predicted molar refractivity (Wildman–Crippen MR) is 116 cm³/mol. The molecule has 166 valence electrons. The van der Waals surface area contributed by atoms with Crippen LogP contribution in [0.4, 0.5) is 4.79 Å². The van der Waals surface area contributed by atoms with E-state index in [0.717, 1.165) is 27.9 Å². The van der Waals surface area contributed by atoms with Crippen molar-refractivity contribution in [2.24, 2.45) is 0 Å². The van der Waals surface area contributed by atoms with Gasteiger partial charge in [0.1, 0.15) is 23.0 Å². The summed E-state index contributed by atoms with van der Waals surface area (Å²) in [5, 5.41) is 1.08. The van der Waals surface area contributed by atoms with E-state index in [9.17, 15) is 9.59 Å². The molecule has 1 fully saturated rings. The number of rotatable bonds is 1. The van der Waals surface area contributed by atoms with Crippen LogP contribution < -0.4 is 4.74 Å². The molecule has 1 aromatic heterocycles. The average molecular weight is 427 g/mol. The SMILES string of the molecule is COC(=O)[C@@H]1CC2(CC(C)c3c(c(C)nc4ccccc34)O2)CN1C(=O)OC(C)(C)C. The second-order valence-corrected chi connectivity index (χ2v) is 9.70. The summed E-state index contributed by atoms with van der Waals surface area (Å²) in [5.41, 5.74) is 1.53. The molecule has 0 bridgehead atoms. The number of hydrogen-bond donors (Lipinski definition) is 0. The van der Waals surface area contributed by atoms with Crippen LogP contribution in [0.2, 0.25) is 0 Å². The Morgan fingerprint density at radius 2 is 1.94 bits per heavy atom. The number of pyridine rings is 1. The largest absolute Gasteiger partial charge is 0.483 e. The van der Waals surface area contributed by atoms with E-state index in [1.165, 1.54) is 12.0 Å². The highest BCUT2D eigenvalue weighted by atomic mass is 16.6. The third-order valence-electron chi connectivity index (χ3n) is 6.05. The molecule has 1 amide bonds. The number of amides is 1. The number of benzene rings is 1. The van der Waals surface area contributed by atoms with Crippen LogP contribution in [-0.2, 0) is 14.3 Å². The van der Waals surface area contributed by atoms with Crippen LogP contribution in [0.3, 0.4) is 0 Å². The number of aryl methyl sites for hydroxylation is 1. The quantitative estimate of drug-likeness (QED) is 0.631. The fourth-order valence-corrected chi connectivity index (χ4v) is 4.91. The summed E-state index contributed by atoms with van der Waals surface area (Å²) in [6.07, 6.45) is 0.505. The molecular formula is C24H30N2O5. The molecule has 0 aliphatic carbocycles. The lowest BCUT2D eigenvalue weighted by atomic mass is 9.80. The van der Waals surface area contributed by atoms with Gasteiger partial charge in [-0.1, -0.05) is 25.1 Å². The highest BCUT2D eigenvalue weighted by molar-refractivity contribution is 5.86. The van der Waals surface area contributed by atoms with Crippen LogP contribution in [-0.4, -0.2) is 52.8 Å². The van der Waals surface area contributed by atoms with Gasteiger partial charge in [0.2, 0.25) is 0 Å². The monoisotopic (exact) mass is 426 g/mol. The maximum atomic E-state index is 12.9. The third-order valence-corrected chi connectivity index (χ3v) is 6.05. The lowest BCUT2D eigenvalue weighted by molar-refractivity contribution is -0.145. The van der Waals surface area contributed by atoms with Gasteiger partial charge in [-0.3, -0.25) is 4.90 Å². The Hall–Kier alpha value is -2.83. The van der Waals surface area contributed by atoms with Gasteiger partial charge in [0.05, 0.1) is 24.9 Å². The first kappa shape index (κ1) is 21.4. The first-order valence-electron chi connectivity index (χ1n) is 10.7. The fraction of sp³-hybridized carbons (Fsp3) is 0.542. The Labute approximate surface area is 182 Å². The van der Waals surface area contributed by atoms with Crippen LogP contribution in [0.1, 0.15) is 57.7 Å². The van der Waals surface area contributed by atoms with E-state index in [1.54, 1.807) is 20.8 Å². The maximum Gasteiger partial charge on any atom is 0.411 e. The van der Waals surface area contributed by atoms with E-state index < -0.39 is 29.3 Å². The van der Waals surface area contributed by atoms with Crippen molar-refractivity contribution in [3.8, 4) is 5.75 Å². The molecule has 2 aromatic rings. The summed E-state index contributed by atoms with van der Waals surface area (Å²) in [6, 6.07) is 7.31. The third kappa shape index (κ3) is 3.82. The highest BCUT2D eigenvalue weighted by Crippen LogP contribution is 2.49. The fourth-order valence-electron chi connectivity index (χ4n) is 4.91. The average Bonchev–Trinajstić information content (AvgIpc) is 3.05. The van der Waals surface area contributed by atoms with Gasteiger partial charge in [-0.25, -0.2) is 14.6 Å². The summed E-state index contributed by atoms with van der Waals surface area (Å²) >= 11 is 0. The van der Waals surface area contributed by atoms with Crippen LogP contribution >= 0.6 is 0 Å². The van der Waals surface area contributed by atoms with Gasteiger partial charge < -0.3 is 14.2 Å². The van der Waals surface area contributed by atoms with Gasteiger partial charge in [-0.05, 0) is 46.1 Å². The molecule has 4 rings (SSSR count). The zero-order chi connectivity index (χ0) is 22.6. The predicted octanol–water partition coefficient (Wildman–Crippen LogP) is 4.35. The molecule has 7 nitrogen and oxygen atoms in total. The van der Waals surface area contributed by atoms with Crippen molar-refractivity contribution < 1.29 is 23.8 Å². The molecule has 0 N–H and O–H groups in total. The Kier molecular flexibility index (Phi) is 5.10. The van der Waals surface area contributed by atoms with E-state index in [-0.39, 0.29) is 12.5 Å². The van der Waals surface area contributed by atoms with Crippen molar-refractivity contribution in [1.29, 1.82) is 0 Å². The summed E-state index contributed by atoms with van der Waals surface area (Å²) < 4.78 is 17.2. The zero-order valence-electron chi connectivity index (χ0n) is 19.0. The van der Waals surface area contributed by atoms with Crippen molar-refractivity contribution in [2.45, 2.75) is 70.6 Å². The number of hydrogen-bond acceptors (Lipinski definition) is 6. The van der Waals surface area contributed by atoms with Crippen LogP contribution in [0.5, 0.6) is 5.75 Å². The number of likely N-dealkylation sites (tertiary alicyclic amines) is 1. The van der Waals surface area contributed by atoms with E-state index in [2.05, 4.69) is 13.0 Å². The van der Waals surface area contributed by atoms with Gasteiger partial charge >= 0.3 is 12.1 Å².